The van der Waals surface area contributed by atoms with Gasteiger partial charge in [0, 0.05) is 35.4 Å². The van der Waals surface area contributed by atoms with Crippen LogP contribution in [0, 0.1) is 5.92 Å². The number of ether oxygens (including phenoxy) is 2. The van der Waals surface area contributed by atoms with E-state index in [1.54, 1.807) is 6.07 Å². The maximum atomic E-state index is 12.9. The molecule has 0 spiro atoms. The van der Waals surface area contributed by atoms with E-state index >= 15 is 0 Å². The number of pyridine rings is 2. The van der Waals surface area contributed by atoms with Crippen LogP contribution in [0.1, 0.15) is 40.7 Å². The van der Waals surface area contributed by atoms with E-state index in [1.165, 1.54) is 30.3 Å². The van der Waals surface area contributed by atoms with Crippen molar-refractivity contribution in [1.82, 2.24) is 14.9 Å². The normalized spacial score (nSPS) is 15.5. The largest absolute Gasteiger partial charge is 0.481 e. The van der Waals surface area contributed by atoms with Crippen LogP contribution in [0.15, 0.2) is 24.4 Å². The van der Waals surface area contributed by atoms with Gasteiger partial charge in [-0.25, -0.2) is 4.98 Å². The van der Waals surface area contributed by atoms with Crippen molar-refractivity contribution >= 4 is 17.6 Å². The van der Waals surface area contributed by atoms with Crippen molar-refractivity contribution in [3.63, 3.8) is 0 Å². The minimum absolute atomic E-state index is 0.0597. The Hall–Kier alpha value is -3.37. The Morgan fingerprint density at radius 1 is 1.28 bits per heavy atom. The lowest BCUT2D eigenvalue weighted by atomic mass is 10.1. The number of alkyl halides is 3. The van der Waals surface area contributed by atoms with Gasteiger partial charge in [-0.3, -0.25) is 9.59 Å². The third-order valence-corrected chi connectivity index (χ3v) is 5.20. The molecule has 1 fully saturated rings. The average Bonchev–Trinajstić information content (AvgIpc) is 3.50. The Bertz CT molecular complexity index is 1040. The van der Waals surface area contributed by atoms with Gasteiger partial charge in [-0.05, 0) is 30.9 Å². The average molecular weight is 450 g/mol. The molecule has 170 valence electrons. The highest BCUT2D eigenvalue weighted by atomic mass is 19.4. The maximum Gasteiger partial charge on any atom is 0.422 e. The topological polar surface area (TPSA) is 93.7 Å². The van der Waals surface area contributed by atoms with Gasteiger partial charge in [0.05, 0.1) is 20.2 Å². The smallest absolute Gasteiger partial charge is 0.422 e. The van der Waals surface area contributed by atoms with E-state index in [9.17, 15) is 22.8 Å². The van der Waals surface area contributed by atoms with Crippen LogP contribution in [0.2, 0.25) is 0 Å². The van der Waals surface area contributed by atoms with E-state index in [1.807, 2.05) is 0 Å². The zero-order chi connectivity index (χ0) is 22.9. The van der Waals surface area contributed by atoms with Gasteiger partial charge in [0.1, 0.15) is 5.82 Å². The van der Waals surface area contributed by atoms with Gasteiger partial charge < -0.3 is 19.7 Å². The standard InChI is InChI=1S/C21H21F3N4O4/c1-31-19-13(4-5-17(27-19)32-11-21(22,23)24)9-28-10-15-14(20(28)30)6-7-25-18(15)26-16(29)8-12-2-3-12/h4-7,12H,2-3,8-11H2,1H3,(H,25,26,29). The molecule has 2 aliphatic rings. The highest BCUT2D eigenvalue weighted by Gasteiger charge is 2.32. The summed E-state index contributed by atoms with van der Waals surface area (Å²) in [6, 6.07) is 4.39. The first-order valence-electron chi connectivity index (χ1n) is 10.0. The second-order valence-corrected chi connectivity index (χ2v) is 7.76. The molecule has 2 amide bonds. The highest BCUT2D eigenvalue weighted by Crippen LogP contribution is 2.34. The first-order valence-corrected chi connectivity index (χ1v) is 10.0. The zero-order valence-corrected chi connectivity index (χ0v) is 17.2. The van der Waals surface area contributed by atoms with E-state index in [4.69, 9.17) is 4.74 Å². The number of nitrogens with zero attached hydrogens (tertiary/aromatic N) is 3. The van der Waals surface area contributed by atoms with Gasteiger partial charge in [-0.1, -0.05) is 0 Å². The Labute approximate surface area is 181 Å². The number of fused-ring (bicyclic) bond motifs is 1. The molecule has 0 bridgehead atoms. The van der Waals surface area contributed by atoms with Gasteiger partial charge >= 0.3 is 6.18 Å². The van der Waals surface area contributed by atoms with E-state index < -0.39 is 12.8 Å². The summed E-state index contributed by atoms with van der Waals surface area (Å²) in [7, 11) is 1.33. The van der Waals surface area contributed by atoms with E-state index in [-0.39, 0.29) is 36.7 Å². The second-order valence-electron chi connectivity index (χ2n) is 7.76. The number of carbonyl (C=O) groups excluding carboxylic acids is 2. The molecule has 8 nitrogen and oxygen atoms in total. The summed E-state index contributed by atoms with van der Waals surface area (Å²) in [6.07, 6.45) is -0.469. The molecule has 2 aromatic heterocycles. The zero-order valence-electron chi connectivity index (χ0n) is 17.2. The summed E-state index contributed by atoms with van der Waals surface area (Å²) in [5.41, 5.74) is 1.57. The van der Waals surface area contributed by atoms with Gasteiger partial charge in [0.15, 0.2) is 6.61 Å². The number of hydrogen-bond donors (Lipinski definition) is 1. The Morgan fingerprint density at radius 3 is 2.75 bits per heavy atom. The molecule has 0 aromatic carbocycles. The number of aromatic nitrogens is 2. The quantitative estimate of drug-likeness (QED) is 0.663. The summed E-state index contributed by atoms with van der Waals surface area (Å²) >= 11 is 0. The first kappa shape index (κ1) is 21.8. The molecule has 0 unspecified atom stereocenters. The number of carbonyl (C=O) groups is 2. The van der Waals surface area contributed by atoms with Crippen LogP contribution < -0.4 is 14.8 Å². The van der Waals surface area contributed by atoms with E-state index in [0.29, 0.717) is 34.8 Å². The molecule has 1 N–H and O–H groups in total. The lowest BCUT2D eigenvalue weighted by Crippen LogP contribution is -2.24. The SMILES string of the molecule is COc1nc(OCC(F)(F)F)ccc1CN1Cc2c(ccnc2NC(=O)CC2CC2)C1=O. The van der Waals surface area contributed by atoms with Crippen LogP contribution in [0.5, 0.6) is 11.8 Å². The number of hydrogen-bond acceptors (Lipinski definition) is 6. The van der Waals surface area contributed by atoms with Gasteiger partial charge in [0.25, 0.3) is 5.91 Å². The minimum atomic E-state index is -4.48. The van der Waals surface area contributed by atoms with E-state index in [0.717, 1.165) is 12.8 Å². The number of amides is 2. The molecule has 0 saturated heterocycles. The molecule has 11 heteroatoms. The van der Waals surface area contributed by atoms with Crippen molar-refractivity contribution in [2.24, 2.45) is 5.92 Å². The number of methoxy groups -OCH3 is 1. The fourth-order valence-corrected chi connectivity index (χ4v) is 3.48. The van der Waals surface area contributed by atoms with Gasteiger partial charge in [-0.2, -0.15) is 18.2 Å². The molecule has 3 heterocycles. The Balaban J connectivity index is 1.47. The van der Waals surface area contributed by atoms with Crippen LogP contribution in [-0.4, -0.2) is 46.6 Å². The summed E-state index contributed by atoms with van der Waals surface area (Å²) in [5, 5.41) is 2.80. The van der Waals surface area contributed by atoms with Crippen LogP contribution in [0.4, 0.5) is 19.0 Å². The predicted molar refractivity (Wildman–Crippen MR) is 106 cm³/mol. The molecular weight excluding hydrogens is 429 g/mol. The van der Waals surface area contributed by atoms with Gasteiger partial charge in [-0.15, -0.1) is 0 Å². The third kappa shape index (κ3) is 5.09. The lowest BCUT2D eigenvalue weighted by molar-refractivity contribution is -0.154. The molecular formula is C21H21F3N4O4. The van der Waals surface area contributed by atoms with Crippen LogP contribution in [0.25, 0.3) is 0 Å². The number of rotatable bonds is 8. The summed E-state index contributed by atoms with van der Waals surface area (Å²) in [6.45, 7) is -1.14. The molecule has 4 rings (SSSR count). The van der Waals surface area contributed by atoms with E-state index in [2.05, 4.69) is 20.0 Å². The summed E-state index contributed by atoms with van der Waals surface area (Å²) < 4.78 is 46.9. The maximum absolute atomic E-state index is 12.9. The predicted octanol–water partition coefficient (Wildman–Crippen LogP) is 3.32. The monoisotopic (exact) mass is 450 g/mol. The Morgan fingerprint density at radius 2 is 2.06 bits per heavy atom. The minimum Gasteiger partial charge on any atom is -0.481 e. The number of halogens is 3. The molecule has 32 heavy (non-hydrogen) atoms. The van der Waals surface area contributed by atoms with Crippen LogP contribution in [0.3, 0.4) is 0 Å². The second kappa shape index (κ2) is 8.64. The molecule has 2 aromatic rings. The summed E-state index contributed by atoms with van der Waals surface area (Å²) in [5.74, 6) is 0.241. The number of anilines is 1. The fraction of sp³-hybridized carbons (Fsp3) is 0.429. The van der Waals surface area contributed by atoms with Crippen molar-refractivity contribution in [2.45, 2.75) is 38.5 Å². The van der Waals surface area contributed by atoms with Crippen molar-refractivity contribution in [1.29, 1.82) is 0 Å². The lowest BCUT2D eigenvalue weighted by Gasteiger charge is -2.18. The number of nitrogens with one attached hydrogen (secondary N) is 1. The van der Waals surface area contributed by atoms with Crippen molar-refractivity contribution in [3.8, 4) is 11.8 Å². The molecule has 0 atom stereocenters. The van der Waals surface area contributed by atoms with Crippen molar-refractivity contribution in [2.75, 3.05) is 19.0 Å². The molecule has 1 aliphatic heterocycles. The first-order chi connectivity index (χ1) is 15.2. The molecule has 0 radical (unpaired) electrons. The van der Waals surface area contributed by atoms with Crippen LogP contribution in [-0.2, 0) is 17.9 Å². The highest BCUT2D eigenvalue weighted by molar-refractivity contribution is 6.01. The molecule has 1 aliphatic carbocycles. The Kier molecular flexibility index (Phi) is 5.90. The fourth-order valence-electron chi connectivity index (χ4n) is 3.48. The third-order valence-electron chi connectivity index (χ3n) is 5.20. The van der Waals surface area contributed by atoms with Crippen molar-refractivity contribution < 1.29 is 32.2 Å². The van der Waals surface area contributed by atoms with Gasteiger partial charge in [0.2, 0.25) is 17.7 Å². The molecule has 1 saturated carbocycles. The summed E-state index contributed by atoms with van der Waals surface area (Å²) in [4.78, 5) is 34.8. The van der Waals surface area contributed by atoms with Crippen molar-refractivity contribution in [3.05, 3.63) is 41.1 Å². The van der Waals surface area contributed by atoms with Crippen LogP contribution >= 0.6 is 0 Å².